The predicted molar refractivity (Wildman–Crippen MR) is 116 cm³/mol. The summed E-state index contributed by atoms with van der Waals surface area (Å²) in [5.74, 6) is -1.07. The molecule has 0 aliphatic carbocycles. The molecule has 0 spiro atoms. The van der Waals surface area contributed by atoms with E-state index in [1.165, 1.54) is 24.5 Å². The van der Waals surface area contributed by atoms with Crippen LogP contribution >= 0.6 is 22.9 Å². The molecular weight excluding hydrogens is 424 g/mol. The number of anilines is 1. The Morgan fingerprint density at radius 3 is 2.70 bits per heavy atom. The minimum Gasteiger partial charge on any atom is -0.448 e. The number of benzene rings is 1. The van der Waals surface area contributed by atoms with E-state index in [9.17, 15) is 9.59 Å². The van der Waals surface area contributed by atoms with Gasteiger partial charge in [0.1, 0.15) is 9.71 Å². The number of halogens is 1. The molecule has 9 heteroatoms. The molecule has 7 nitrogen and oxygen atoms in total. The van der Waals surface area contributed by atoms with Gasteiger partial charge in [-0.3, -0.25) is 4.79 Å². The summed E-state index contributed by atoms with van der Waals surface area (Å²) in [4.78, 5) is 30.1. The number of amides is 1. The van der Waals surface area contributed by atoms with Gasteiger partial charge >= 0.3 is 5.97 Å². The van der Waals surface area contributed by atoms with Gasteiger partial charge in [0.15, 0.2) is 11.3 Å². The van der Waals surface area contributed by atoms with Gasteiger partial charge in [-0.25, -0.2) is 14.5 Å². The van der Waals surface area contributed by atoms with Crippen LogP contribution in [0.3, 0.4) is 0 Å². The number of nitrogens with one attached hydrogen (secondary N) is 1. The molecule has 152 valence electrons. The standard InChI is InChI=1S/C21H17ClN4O3S/c1-12-15-11-17(30-20(15)26(25-12)14-7-4-3-5-8-14)21(28)29-13(2)19(27)24-16-9-6-10-23-18(16)22/h3-11,13H,1-2H3,(H,24,27). The maximum atomic E-state index is 12.6. The Morgan fingerprint density at radius 1 is 1.20 bits per heavy atom. The number of nitrogens with zero attached hydrogens (tertiary/aromatic N) is 3. The van der Waals surface area contributed by atoms with Crippen LogP contribution in [0.5, 0.6) is 0 Å². The lowest BCUT2D eigenvalue weighted by Gasteiger charge is -2.13. The zero-order chi connectivity index (χ0) is 21.3. The van der Waals surface area contributed by atoms with E-state index in [0.717, 1.165) is 21.6 Å². The lowest BCUT2D eigenvalue weighted by atomic mass is 10.3. The first-order valence-electron chi connectivity index (χ1n) is 9.11. The molecule has 30 heavy (non-hydrogen) atoms. The molecule has 4 aromatic rings. The molecule has 1 unspecified atom stereocenters. The van der Waals surface area contributed by atoms with E-state index in [4.69, 9.17) is 16.3 Å². The van der Waals surface area contributed by atoms with Crippen LogP contribution in [0.15, 0.2) is 54.7 Å². The zero-order valence-corrected chi connectivity index (χ0v) is 17.7. The van der Waals surface area contributed by atoms with Gasteiger partial charge in [0, 0.05) is 11.6 Å². The normalized spacial score (nSPS) is 12.0. The van der Waals surface area contributed by atoms with Crippen molar-refractivity contribution in [1.82, 2.24) is 14.8 Å². The van der Waals surface area contributed by atoms with E-state index in [1.54, 1.807) is 22.9 Å². The number of carbonyl (C=O) groups excluding carboxylic acids is 2. The lowest BCUT2D eigenvalue weighted by Crippen LogP contribution is -2.29. The highest BCUT2D eigenvalue weighted by Gasteiger charge is 2.23. The van der Waals surface area contributed by atoms with E-state index < -0.39 is 18.0 Å². The number of esters is 1. The first-order chi connectivity index (χ1) is 14.4. The van der Waals surface area contributed by atoms with Crippen molar-refractivity contribution < 1.29 is 14.3 Å². The van der Waals surface area contributed by atoms with Gasteiger partial charge in [-0.05, 0) is 44.2 Å². The minimum absolute atomic E-state index is 0.162. The van der Waals surface area contributed by atoms with Crippen molar-refractivity contribution >= 4 is 50.7 Å². The zero-order valence-electron chi connectivity index (χ0n) is 16.1. The number of aromatic nitrogens is 3. The molecule has 3 aromatic heterocycles. The topological polar surface area (TPSA) is 86.1 Å². The molecule has 4 rings (SSSR count). The SMILES string of the molecule is Cc1nn(-c2ccccc2)c2sc(C(=O)OC(C)C(=O)Nc3cccnc3Cl)cc12. The summed E-state index contributed by atoms with van der Waals surface area (Å²) in [7, 11) is 0. The molecule has 1 aromatic carbocycles. The van der Waals surface area contributed by atoms with Crippen LogP contribution < -0.4 is 5.32 Å². The third-order valence-corrected chi connectivity index (χ3v) is 5.81. The number of ether oxygens (including phenoxy) is 1. The van der Waals surface area contributed by atoms with E-state index in [-0.39, 0.29) is 5.15 Å². The first-order valence-corrected chi connectivity index (χ1v) is 10.3. The highest BCUT2D eigenvalue weighted by Crippen LogP contribution is 2.31. The second-order valence-corrected chi connectivity index (χ2v) is 7.93. The van der Waals surface area contributed by atoms with Gasteiger partial charge in [0.05, 0.1) is 17.1 Å². The fourth-order valence-corrected chi connectivity index (χ4v) is 4.11. The Hall–Kier alpha value is -3.23. The van der Waals surface area contributed by atoms with Gasteiger partial charge in [-0.2, -0.15) is 5.10 Å². The van der Waals surface area contributed by atoms with Crippen LogP contribution in [0.2, 0.25) is 5.15 Å². The van der Waals surface area contributed by atoms with E-state index >= 15 is 0 Å². The Bertz CT molecular complexity index is 1240. The summed E-state index contributed by atoms with van der Waals surface area (Å²) in [6.45, 7) is 3.39. The van der Waals surface area contributed by atoms with Gasteiger partial charge in [0.2, 0.25) is 0 Å². The molecular formula is C21H17ClN4O3S. The molecule has 0 saturated heterocycles. The molecule has 0 bridgehead atoms. The molecule has 0 aliphatic rings. The number of thiophene rings is 1. The van der Waals surface area contributed by atoms with Crippen LogP contribution in [0.1, 0.15) is 22.3 Å². The molecule has 1 amide bonds. The quantitative estimate of drug-likeness (QED) is 0.361. The average molecular weight is 441 g/mol. The Kier molecular flexibility index (Phi) is 5.52. The van der Waals surface area contributed by atoms with Crippen molar-refractivity contribution in [2.45, 2.75) is 20.0 Å². The summed E-state index contributed by atoms with van der Waals surface area (Å²) >= 11 is 7.22. The molecule has 0 aliphatic heterocycles. The monoisotopic (exact) mass is 440 g/mol. The van der Waals surface area contributed by atoms with Crippen molar-refractivity contribution in [2.75, 3.05) is 5.32 Å². The van der Waals surface area contributed by atoms with Gasteiger partial charge in [-0.1, -0.05) is 29.8 Å². The second-order valence-electron chi connectivity index (χ2n) is 6.54. The molecule has 0 fully saturated rings. The van der Waals surface area contributed by atoms with Crippen LogP contribution in [0, 0.1) is 6.92 Å². The van der Waals surface area contributed by atoms with Gasteiger partial charge < -0.3 is 10.1 Å². The van der Waals surface area contributed by atoms with Crippen LogP contribution in [-0.2, 0) is 9.53 Å². The van der Waals surface area contributed by atoms with Gasteiger partial charge in [-0.15, -0.1) is 11.3 Å². The average Bonchev–Trinajstić information content (AvgIpc) is 3.31. The number of carbonyl (C=O) groups is 2. The van der Waals surface area contributed by atoms with Crippen LogP contribution in [0.4, 0.5) is 5.69 Å². The maximum absolute atomic E-state index is 12.6. The van der Waals surface area contributed by atoms with E-state index in [1.807, 2.05) is 37.3 Å². The number of aryl methyl sites for hydroxylation is 1. The highest BCUT2D eigenvalue weighted by molar-refractivity contribution is 7.20. The molecule has 0 saturated carbocycles. The maximum Gasteiger partial charge on any atom is 0.349 e. The van der Waals surface area contributed by atoms with Crippen molar-refractivity contribution in [1.29, 1.82) is 0 Å². The molecule has 1 N–H and O–H groups in total. The van der Waals surface area contributed by atoms with Crippen molar-refractivity contribution in [2.24, 2.45) is 0 Å². The van der Waals surface area contributed by atoms with E-state index in [2.05, 4.69) is 15.4 Å². The summed E-state index contributed by atoms with van der Waals surface area (Å²) in [5.41, 5.74) is 2.06. The smallest absolute Gasteiger partial charge is 0.349 e. The Morgan fingerprint density at radius 2 is 1.97 bits per heavy atom. The van der Waals surface area contributed by atoms with Crippen molar-refractivity contribution in [3.05, 3.63) is 70.5 Å². The summed E-state index contributed by atoms with van der Waals surface area (Å²) in [6, 6.07) is 14.7. The van der Waals surface area contributed by atoms with Gasteiger partial charge in [0.25, 0.3) is 5.91 Å². The van der Waals surface area contributed by atoms with Crippen molar-refractivity contribution in [3.8, 4) is 5.69 Å². The Balaban J connectivity index is 1.52. The molecule has 0 radical (unpaired) electrons. The highest BCUT2D eigenvalue weighted by atomic mass is 35.5. The number of para-hydroxylation sites is 1. The fourth-order valence-electron chi connectivity index (χ4n) is 2.88. The van der Waals surface area contributed by atoms with E-state index in [0.29, 0.717) is 10.6 Å². The summed E-state index contributed by atoms with van der Waals surface area (Å²) in [5, 5.41) is 8.20. The minimum atomic E-state index is -1.01. The van der Waals surface area contributed by atoms with Crippen molar-refractivity contribution in [3.63, 3.8) is 0 Å². The third kappa shape index (κ3) is 3.92. The first kappa shape index (κ1) is 20.1. The Labute approximate surface area is 181 Å². The number of pyridine rings is 1. The lowest BCUT2D eigenvalue weighted by molar-refractivity contribution is -0.123. The van der Waals surface area contributed by atoms with Crippen LogP contribution in [-0.4, -0.2) is 32.7 Å². The third-order valence-electron chi connectivity index (χ3n) is 4.42. The molecule has 1 atom stereocenters. The summed E-state index contributed by atoms with van der Waals surface area (Å²) < 4.78 is 7.16. The number of hydrogen-bond donors (Lipinski definition) is 1. The fraction of sp³-hybridized carbons (Fsp3) is 0.143. The number of fused-ring (bicyclic) bond motifs is 1. The largest absolute Gasteiger partial charge is 0.448 e. The molecule has 3 heterocycles. The second kappa shape index (κ2) is 8.25. The predicted octanol–water partition coefficient (Wildman–Crippen LogP) is 4.63. The van der Waals surface area contributed by atoms with Crippen LogP contribution in [0.25, 0.3) is 15.9 Å². The number of rotatable bonds is 5. The number of hydrogen-bond acceptors (Lipinski definition) is 6. The summed E-state index contributed by atoms with van der Waals surface area (Å²) in [6.07, 6.45) is 0.507.